The number of benzene rings is 11. The molecule has 11 aromatic carbocycles. The van der Waals surface area contributed by atoms with Crippen molar-refractivity contribution in [1.29, 1.82) is 0 Å². The van der Waals surface area contributed by atoms with Crippen LogP contribution < -0.4 is 0 Å². The highest BCUT2D eigenvalue weighted by Crippen LogP contribution is 2.61. The van der Waals surface area contributed by atoms with E-state index in [2.05, 4.69) is 195 Å². The van der Waals surface area contributed by atoms with Crippen molar-refractivity contribution in [3.63, 3.8) is 0 Å². The van der Waals surface area contributed by atoms with E-state index >= 15 is 0 Å². The molecule has 0 N–H and O–H groups in total. The van der Waals surface area contributed by atoms with Crippen LogP contribution in [-0.2, 0) is 0 Å². The fourth-order valence-electron chi connectivity index (χ4n) is 10.0. The van der Waals surface area contributed by atoms with Crippen molar-refractivity contribution in [2.24, 2.45) is 0 Å². The highest BCUT2D eigenvalue weighted by molar-refractivity contribution is 6.43. The molecule has 254 valence electrons. The Balaban J connectivity index is 1.38. The SMILES string of the molecule is Cc1ccc2c3c4c(c(-c5ccccc5)c5c(-c6ccccc6)ccc(c6cccc1c62)c53)-c1ccc(-c2ccccc2)c2c(-c3ccccc3)ccc-4c12. The van der Waals surface area contributed by atoms with E-state index in [1.165, 1.54) is 126 Å². The summed E-state index contributed by atoms with van der Waals surface area (Å²) in [6.45, 7) is 2.25. The van der Waals surface area contributed by atoms with Crippen molar-refractivity contribution in [2.45, 2.75) is 6.92 Å². The molecule has 1 aliphatic rings. The minimum Gasteiger partial charge on any atom is -0.0622 e. The van der Waals surface area contributed by atoms with Gasteiger partial charge >= 0.3 is 0 Å². The van der Waals surface area contributed by atoms with Gasteiger partial charge in [-0.05, 0) is 133 Å². The summed E-state index contributed by atoms with van der Waals surface area (Å²) in [5.74, 6) is 0. The van der Waals surface area contributed by atoms with Crippen LogP contribution in [0.25, 0.3) is 121 Å². The highest BCUT2D eigenvalue weighted by atomic mass is 14.4. The van der Waals surface area contributed by atoms with Gasteiger partial charge in [0, 0.05) is 0 Å². The summed E-state index contributed by atoms with van der Waals surface area (Å²) in [6.07, 6.45) is 0. The predicted octanol–water partition coefficient (Wildman–Crippen LogP) is 15.5. The summed E-state index contributed by atoms with van der Waals surface area (Å²) in [5, 5.41) is 13.3. The Labute approximate surface area is 319 Å². The zero-order chi connectivity index (χ0) is 36.2. The van der Waals surface area contributed by atoms with Gasteiger partial charge in [0.2, 0.25) is 0 Å². The minimum absolute atomic E-state index is 1.23. The quantitative estimate of drug-likeness (QED) is 0.127. The second kappa shape index (κ2) is 11.5. The van der Waals surface area contributed by atoms with Crippen LogP contribution in [0.5, 0.6) is 0 Å². The molecule has 11 aromatic rings. The molecule has 0 aromatic heterocycles. The summed E-state index contributed by atoms with van der Waals surface area (Å²) < 4.78 is 0. The van der Waals surface area contributed by atoms with Crippen molar-refractivity contribution >= 4 is 53.9 Å². The van der Waals surface area contributed by atoms with Gasteiger partial charge in [0.1, 0.15) is 0 Å². The largest absolute Gasteiger partial charge is 0.0622 e. The molecule has 0 unspecified atom stereocenters. The van der Waals surface area contributed by atoms with Gasteiger partial charge in [-0.2, -0.15) is 0 Å². The van der Waals surface area contributed by atoms with Crippen LogP contribution in [0.4, 0.5) is 0 Å². The Kier molecular flexibility index (Phi) is 6.36. The summed E-state index contributed by atoms with van der Waals surface area (Å²) in [5.41, 5.74) is 16.7. The van der Waals surface area contributed by atoms with Gasteiger partial charge < -0.3 is 0 Å². The predicted molar refractivity (Wildman–Crippen MR) is 236 cm³/mol. The van der Waals surface area contributed by atoms with E-state index in [-0.39, 0.29) is 0 Å². The fraction of sp³-hybridized carbons (Fsp3) is 0.0182. The molecule has 0 atom stereocenters. The fourth-order valence-corrected chi connectivity index (χ4v) is 10.0. The highest BCUT2D eigenvalue weighted by Gasteiger charge is 2.33. The maximum Gasteiger partial charge on any atom is -0.000695 e. The summed E-state index contributed by atoms with van der Waals surface area (Å²) in [4.78, 5) is 0. The summed E-state index contributed by atoms with van der Waals surface area (Å²) >= 11 is 0. The normalized spacial score (nSPS) is 12.1. The molecule has 0 fully saturated rings. The first-order valence-corrected chi connectivity index (χ1v) is 19.3. The van der Waals surface area contributed by atoms with Crippen LogP contribution in [0, 0.1) is 6.92 Å². The molecule has 12 rings (SSSR count). The van der Waals surface area contributed by atoms with Crippen LogP contribution in [0.1, 0.15) is 5.56 Å². The molecule has 0 bridgehead atoms. The van der Waals surface area contributed by atoms with E-state index in [4.69, 9.17) is 0 Å². The van der Waals surface area contributed by atoms with Crippen LogP contribution in [0.2, 0.25) is 0 Å². The van der Waals surface area contributed by atoms with Crippen LogP contribution in [0.15, 0.2) is 188 Å². The monoisotopic (exact) mass is 694 g/mol. The Morgan fingerprint density at radius 1 is 0.218 bits per heavy atom. The number of fused-ring (bicyclic) bond motifs is 6. The number of hydrogen-bond donors (Lipinski definition) is 0. The maximum absolute atomic E-state index is 2.43. The lowest BCUT2D eigenvalue weighted by Gasteiger charge is -2.24. The topological polar surface area (TPSA) is 0 Å². The standard InChI is InChI=1S/C55H34/c1-33-25-26-44-48-38(33)23-14-24-42(48)43-30-27-41(36-19-10-4-11-20-36)51-47(37-21-12-5-13-22-37)53-45-31-28-39(34-15-6-2-7-16-34)49-40(35-17-8-3-9-18-35)29-32-46(50(45)49)55(53)54(44)52(43)51/h2-32H,1H3. The van der Waals surface area contributed by atoms with Gasteiger partial charge in [-0.15, -0.1) is 0 Å². The van der Waals surface area contributed by atoms with Crippen molar-refractivity contribution in [3.05, 3.63) is 194 Å². The Hall–Kier alpha value is -7.02. The lowest BCUT2D eigenvalue weighted by molar-refractivity contribution is 1.55. The molecule has 0 heterocycles. The zero-order valence-electron chi connectivity index (χ0n) is 30.4. The van der Waals surface area contributed by atoms with Gasteiger partial charge in [0.15, 0.2) is 0 Å². The molecule has 0 saturated carbocycles. The van der Waals surface area contributed by atoms with Crippen LogP contribution in [0.3, 0.4) is 0 Å². The molecular weight excluding hydrogens is 661 g/mol. The molecule has 0 amide bonds. The smallest absolute Gasteiger partial charge is 0.000695 e. The average Bonchev–Trinajstić information content (AvgIpc) is 3.59. The molecule has 1 aliphatic carbocycles. The molecular formula is C55H34. The third-order valence-electron chi connectivity index (χ3n) is 12.3. The third-order valence-corrected chi connectivity index (χ3v) is 12.3. The van der Waals surface area contributed by atoms with Crippen molar-refractivity contribution in [2.75, 3.05) is 0 Å². The Bertz CT molecular complexity index is 3280. The summed E-state index contributed by atoms with van der Waals surface area (Å²) in [6, 6.07) is 70.1. The third kappa shape index (κ3) is 4.17. The van der Waals surface area contributed by atoms with Gasteiger partial charge in [0.25, 0.3) is 0 Å². The van der Waals surface area contributed by atoms with E-state index < -0.39 is 0 Å². The first-order chi connectivity index (χ1) is 27.3. The maximum atomic E-state index is 2.43. The molecule has 0 aliphatic heterocycles. The lowest BCUT2D eigenvalue weighted by Crippen LogP contribution is -1.96. The van der Waals surface area contributed by atoms with Crippen molar-refractivity contribution in [3.8, 4) is 66.8 Å². The zero-order valence-corrected chi connectivity index (χ0v) is 30.4. The number of aryl methyl sites for hydroxylation is 1. The van der Waals surface area contributed by atoms with Crippen molar-refractivity contribution < 1.29 is 0 Å². The Morgan fingerprint density at radius 3 is 1.25 bits per heavy atom. The summed E-state index contributed by atoms with van der Waals surface area (Å²) in [7, 11) is 0. The van der Waals surface area contributed by atoms with Crippen LogP contribution >= 0.6 is 0 Å². The first kappa shape index (κ1) is 30.4. The van der Waals surface area contributed by atoms with E-state index in [9.17, 15) is 0 Å². The van der Waals surface area contributed by atoms with Crippen molar-refractivity contribution in [1.82, 2.24) is 0 Å². The average molecular weight is 695 g/mol. The second-order valence-electron chi connectivity index (χ2n) is 15.1. The molecule has 55 heavy (non-hydrogen) atoms. The van der Waals surface area contributed by atoms with E-state index in [1.807, 2.05) is 0 Å². The molecule has 0 heteroatoms. The second-order valence-corrected chi connectivity index (χ2v) is 15.1. The molecule has 0 radical (unpaired) electrons. The molecule has 0 spiro atoms. The molecule has 0 saturated heterocycles. The van der Waals surface area contributed by atoms with Gasteiger partial charge in [0.05, 0.1) is 0 Å². The van der Waals surface area contributed by atoms with E-state index in [1.54, 1.807) is 0 Å². The number of hydrogen-bond acceptors (Lipinski definition) is 0. The Morgan fingerprint density at radius 2 is 0.655 bits per heavy atom. The van der Waals surface area contributed by atoms with Crippen LogP contribution in [-0.4, -0.2) is 0 Å². The van der Waals surface area contributed by atoms with E-state index in [0.717, 1.165) is 0 Å². The first-order valence-electron chi connectivity index (χ1n) is 19.3. The van der Waals surface area contributed by atoms with Gasteiger partial charge in [-0.1, -0.05) is 188 Å². The van der Waals surface area contributed by atoms with Gasteiger partial charge in [-0.3, -0.25) is 0 Å². The number of rotatable bonds is 4. The van der Waals surface area contributed by atoms with Gasteiger partial charge in [-0.25, -0.2) is 0 Å². The minimum atomic E-state index is 1.23. The lowest BCUT2D eigenvalue weighted by atomic mass is 9.78. The molecule has 0 nitrogen and oxygen atoms in total. The van der Waals surface area contributed by atoms with E-state index in [0.29, 0.717) is 0 Å².